The molecule has 2 aromatic heterocycles. The zero-order valence-corrected chi connectivity index (χ0v) is 26.7. The van der Waals surface area contributed by atoms with E-state index in [0.717, 1.165) is 23.0 Å². The summed E-state index contributed by atoms with van der Waals surface area (Å²) in [6, 6.07) is 9.92. The number of likely N-dealkylation sites (N-methyl/N-ethyl adjacent to an activating group) is 2. The monoisotopic (exact) mass is 626 g/mol. The molecular formula is C31H38F2N7O3S-. The van der Waals surface area contributed by atoms with E-state index in [1.54, 1.807) is 62.7 Å². The van der Waals surface area contributed by atoms with E-state index < -0.39 is 21.7 Å². The predicted octanol–water partition coefficient (Wildman–Crippen LogP) is 6.70. The van der Waals surface area contributed by atoms with Crippen molar-refractivity contribution in [1.82, 2.24) is 19.4 Å². The van der Waals surface area contributed by atoms with Crippen LogP contribution in [0.1, 0.15) is 20.8 Å². The van der Waals surface area contributed by atoms with Gasteiger partial charge in [-0.1, -0.05) is 6.07 Å². The van der Waals surface area contributed by atoms with Gasteiger partial charge in [0.2, 0.25) is 5.95 Å². The molecule has 0 aliphatic heterocycles. The third-order valence-corrected chi connectivity index (χ3v) is 9.19. The molecule has 0 saturated heterocycles. The van der Waals surface area contributed by atoms with Crippen LogP contribution in [0.3, 0.4) is 0 Å². The van der Waals surface area contributed by atoms with Crippen molar-refractivity contribution < 1.29 is 21.9 Å². The van der Waals surface area contributed by atoms with E-state index in [1.165, 1.54) is 6.07 Å². The molecule has 0 bridgehead atoms. The van der Waals surface area contributed by atoms with Crippen molar-refractivity contribution in [3.05, 3.63) is 66.4 Å². The standard InChI is InChI=1S/C31H38F2N7O3S/c1-8-12-34-25-17-26(29(43-30(32)33)18-28(25)39(6)15-14-38(4)5)37-31-35-13-11-24(36-31)23-19-40(7)27-16-21(9-10-22(23)27)44(41,42)20(2)3/h8-13,16-20,30H,14-15H2,1-7H3,(H,35,36,37)/q-1. The number of ether oxygens (including phenoxy) is 1. The van der Waals surface area contributed by atoms with E-state index >= 15 is 0 Å². The second kappa shape index (κ2) is 13.6. The van der Waals surface area contributed by atoms with Gasteiger partial charge in [-0.3, -0.25) is 0 Å². The number of halogens is 2. The summed E-state index contributed by atoms with van der Waals surface area (Å²) in [5.41, 5.74) is 3.43. The minimum atomic E-state index is -3.45. The molecule has 0 aliphatic carbocycles. The summed E-state index contributed by atoms with van der Waals surface area (Å²) in [6.07, 6.45) is 6.83. The highest BCUT2D eigenvalue weighted by Gasteiger charge is 2.21. The van der Waals surface area contributed by atoms with Gasteiger partial charge in [-0.05, 0) is 59.1 Å². The van der Waals surface area contributed by atoms with Gasteiger partial charge < -0.3 is 29.7 Å². The Kier molecular flexibility index (Phi) is 10.1. The minimum Gasteiger partial charge on any atom is -0.663 e. The number of nitrogens with zero attached hydrogens (tertiary/aromatic N) is 6. The highest BCUT2D eigenvalue weighted by Crippen LogP contribution is 2.42. The molecule has 0 fully saturated rings. The Labute approximate surface area is 257 Å². The number of aromatic nitrogens is 3. The van der Waals surface area contributed by atoms with E-state index in [9.17, 15) is 17.2 Å². The molecule has 13 heteroatoms. The Morgan fingerprint density at radius 3 is 2.52 bits per heavy atom. The Balaban J connectivity index is 1.74. The minimum absolute atomic E-state index is 0.0795. The first-order chi connectivity index (χ1) is 20.8. The zero-order valence-electron chi connectivity index (χ0n) is 25.9. The van der Waals surface area contributed by atoms with Gasteiger partial charge in [-0.15, -0.1) is 11.8 Å². The lowest BCUT2D eigenvalue weighted by Gasteiger charge is -2.31. The molecule has 4 rings (SSSR count). The largest absolute Gasteiger partial charge is 0.663 e. The first kappa shape index (κ1) is 32.7. The number of anilines is 3. The lowest BCUT2D eigenvalue weighted by molar-refractivity contribution is -0.0493. The Morgan fingerprint density at radius 2 is 1.86 bits per heavy atom. The Hall–Kier alpha value is -4.23. The van der Waals surface area contributed by atoms with Crippen molar-refractivity contribution >= 4 is 43.8 Å². The summed E-state index contributed by atoms with van der Waals surface area (Å²) in [6.45, 7) is 3.46. The second-order valence-corrected chi connectivity index (χ2v) is 13.4. The fourth-order valence-electron chi connectivity index (χ4n) is 4.59. The maximum atomic E-state index is 13.5. The third kappa shape index (κ3) is 7.28. The summed E-state index contributed by atoms with van der Waals surface area (Å²) in [7, 11) is 4.16. The number of sulfone groups is 1. The molecule has 0 radical (unpaired) electrons. The zero-order chi connectivity index (χ0) is 32.2. The van der Waals surface area contributed by atoms with Gasteiger partial charge in [-0.2, -0.15) is 15.0 Å². The Bertz CT molecular complexity index is 1750. The fraction of sp³-hybridized carbons (Fsp3) is 0.355. The summed E-state index contributed by atoms with van der Waals surface area (Å²) in [4.78, 5) is 13.2. The van der Waals surface area contributed by atoms with Crippen LogP contribution in [0.5, 0.6) is 5.75 Å². The van der Waals surface area contributed by atoms with E-state index in [1.807, 2.05) is 55.7 Å². The number of aryl methyl sites for hydroxylation is 1. The maximum Gasteiger partial charge on any atom is 0.387 e. The van der Waals surface area contributed by atoms with Crippen LogP contribution in [0.25, 0.3) is 27.5 Å². The van der Waals surface area contributed by atoms with Crippen LogP contribution in [0, 0.1) is 0 Å². The number of alkyl halides is 2. The summed E-state index contributed by atoms with van der Waals surface area (Å²) >= 11 is 0. The predicted molar refractivity (Wildman–Crippen MR) is 172 cm³/mol. The molecule has 0 saturated carbocycles. The van der Waals surface area contributed by atoms with Crippen molar-refractivity contribution in [2.45, 2.75) is 37.5 Å². The molecule has 236 valence electrons. The molecule has 0 spiro atoms. The second-order valence-electron chi connectivity index (χ2n) is 10.9. The fourth-order valence-corrected chi connectivity index (χ4v) is 5.67. The lowest BCUT2D eigenvalue weighted by Crippen LogP contribution is -2.28. The highest BCUT2D eigenvalue weighted by molar-refractivity contribution is 7.92. The molecule has 2 aromatic carbocycles. The smallest absolute Gasteiger partial charge is 0.387 e. The maximum absolute atomic E-state index is 13.5. The normalized spacial score (nSPS) is 12.2. The number of rotatable bonds is 13. The van der Waals surface area contributed by atoms with Crippen LogP contribution in [0.2, 0.25) is 0 Å². The molecule has 10 nitrogen and oxygen atoms in total. The van der Waals surface area contributed by atoms with Crippen LogP contribution >= 0.6 is 0 Å². The van der Waals surface area contributed by atoms with Gasteiger partial charge in [0.15, 0.2) is 15.6 Å². The van der Waals surface area contributed by atoms with Crippen LogP contribution < -0.4 is 15.0 Å². The lowest BCUT2D eigenvalue weighted by atomic mass is 10.1. The topological polar surface area (TPSA) is 107 Å². The van der Waals surface area contributed by atoms with Gasteiger partial charge in [0.05, 0.1) is 21.5 Å². The quantitative estimate of drug-likeness (QED) is 0.175. The first-order valence-electron chi connectivity index (χ1n) is 14.1. The number of nitrogens with one attached hydrogen (secondary N) is 1. The number of allylic oxidation sites excluding steroid dienone is 1. The summed E-state index contributed by atoms with van der Waals surface area (Å²) in [5, 5.41) is 7.82. The van der Waals surface area contributed by atoms with Crippen LogP contribution in [0.15, 0.2) is 66.0 Å². The van der Waals surface area contributed by atoms with E-state index in [0.29, 0.717) is 23.6 Å². The van der Waals surface area contributed by atoms with Gasteiger partial charge in [-0.25, -0.2) is 18.4 Å². The molecule has 0 amide bonds. The first-order valence-corrected chi connectivity index (χ1v) is 15.6. The SMILES string of the molecule is CC=C[N-]c1cc(Nc2nccc(-c3cn(C)c4cc(S(=O)(=O)C(C)C)ccc34)n2)c(OC(F)F)cc1N(C)CCN(C)C. The molecule has 0 unspecified atom stereocenters. The van der Waals surface area contributed by atoms with E-state index in [2.05, 4.69) is 20.6 Å². The van der Waals surface area contributed by atoms with Gasteiger partial charge in [0, 0.05) is 67.8 Å². The van der Waals surface area contributed by atoms with Gasteiger partial charge in [0.25, 0.3) is 0 Å². The van der Waals surface area contributed by atoms with Crippen molar-refractivity contribution in [2.24, 2.45) is 7.05 Å². The number of hydrogen-bond acceptors (Lipinski definition) is 8. The molecule has 0 aliphatic rings. The average molecular weight is 627 g/mol. The van der Waals surface area contributed by atoms with Crippen LogP contribution in [0.4, 0.5) is 31.8 Å². The number of hydrogen-bond donors (Lipinski definition) is 1. The highest BCUT2D eigenvalue weighted by atomic mass is 32.2. The molecule has 2 heterocycles. The van der Waals surface area contributed by atoms with Gasteiger partial charge in [0.1, 0.15) is 0 Å². The molecule has 44 heavy (non-hydrogen) atoms. The third-order valence-electron chi connectivity index (χ3n) is 7.04. The molecule has 1 N–H and O–H groups in total. The van der Waals surface area contributed by atoms with Crippen molar-refractivity contribution in [3.63, 3.8) is 0 Å². The van der Waals surface area contributed by atoms with Gasteiger partial charge >= 0.3 is 6.61 Å². The van der Waals surface area contributed by atoms with E-state index in [-0.39, 0.29) is 22.3 Å². The molecular weight excluding hydrogens is 588 g/mol. The average Bonchev–Trinajstić information content (AvgIpc) is 3.31. The van der Waals surface area contributed by atoms with Crippen molar-refractivity contribution in [2.75, 3.05) is 44.4 Å². The van der Waals surface area contributed by atoms with E-state index in [4.69, 9.17) is 4.74 Å². The number of benzene rings is 2. The number of fused-ring (bicyclic) bond motifs is 1. The van der Waals surface area contributed by atoms with Crippen LogP contribution in [-0.4, -0.2) is 73.9 Å². The van der Waals surface area contributed by atoms with Crippen molar-refractivity contribution in [3.8, 4) is 17.0 Å². The molecule has 0 atom stereocenters. The van der Waals surface area contributed by atoms with Crippen LogP contribution in [-0.2, 0) is 16.9 Å². The Morgan fingerprint density at radius 1 is 1.11 bits per heavy atom. The van der Waals surface area contributed by atoms with Crippen molar-refractivity contribution in [1.29, 1.82) is 0 Å². The summed E-state index contributed by atoms with van der Waals surface area (Å²) < 4.78 is 59.4. The summed E-state index contributed by atoms with van der Waals surface area (Å²) in [5.74, 6) is 0.0764. The molecule has 4 aromatic rings.